The van der Waals surface area contributed by atoms with Crippen molar-refractivity contribution in [1.82, 2.24) is 77.7 Å². The molecule has 3 aliphatic rings. The van der Waals surface area contributed by atoms with Gasteiger partial charge in [0.05, 0.1) is 52.6 Å². The van der Waals surface area contributed by atoms with Gasteiger partial charge >= 0.3 is 12.3 Å². The zero-order valence-electron chi connectivity index (χ0n) is 86.3. The van der Waals surface area contributed by atoms with Gasteiger partial charge in [0.25, 0.3) is 0 Å². The van der Waals surface area contributed by atoms with Gasteiger partial charge in [-0.15, -0.1) is 79.4 Å². The molecule has 0 bridgehead atoms. The number of carbonyl (C=O) groups is 1. The van der Waals surface area contributed by atoms with E-state index in [1.165, 1.54) is 120 Å². The number of aryl methyl sites for hydroxylation is 21. The van der Waals surface area contributed by atoms with Crippen LogP contribution in [0.25, 0.3) is 27.2 Å². The minimum atomic E-state index is -4.26. The number of ether oxygens (including phenoxy) is 3. The Bertz CT molecular complexity index is 5990. The van der Waals surface area contributed by atoms with Crippen molar-refractivity contribution in [3.05, 3.63) is 322 Å². The van der Waals surface area contributed by atoms with Crippen molar-refractivity contribution in [3.63, 3.8) is 0 Å². The highest BCUT2D eigenvalue weighted by Crippen LogP contribution is 2.51. The summed E-state index contributed by atoms with van der Waals surface area (Å²) in [5.74, 6) is 3.51. The lowest BCUT2D eigenvalue weighted by molar-refractivity contribution is -0.138. The van der Waals surface area contributed by atoms with E-state index in [0.29, 0.717) is 17.9 Å². The third-order valence-electron chi connectivity index (χ3n) is 20.5. The van der Waals surface area contributed by atoms with Gasteiger partial charge in [0, 0.05) is 195 Å². The number of imidazole rings is 3. The fourth-order valence-electron chi connectivity index (χ4n) is 12.7. The van der Waals surface area contributed by atoms with Crippen LogP contribution in [0.4, 0.5) is 18.0 Å². The number of hydrogen-bond acceptors (Lipinski definition) is 22. The minimum Gasteiger partial charge on any atom is -0.444 e. The van der Waals surface area contributed by atoms with Crippen LogP contribution in [0.3, 0.4) is 0 Å². The van der Waals surface area contributed by atoms with Gasteiger partial charge < -0.3 is 32.3 Å². The topological polar surface area (TPSA) is 208 Å². The van der Waals surface area contributed by atoms with Crippen LogP contribution in [0, 0.1) is 156 Å². The van der Waals surface area contributed by atoms with Crippen LogP contribution in [-0.2, 0) is 27.4 Å². The number of aromatic nitrogens is 15. The van der Waals surface area contributed by atoms with Gasteiger partial charge in [0.1, 0.15) is 22.5 Å². The molecule has 1 aliphatic carbocycles. The SMILES string of the molecule is CC1C2CN(C(=O)OC(C)(C)C)CC12.COC.C[C@H]1CCCO1.Cc1ccc(C)s1.Cc1ccc2ncc(C)n2c1.Cc1cccc2ncc(C)n12.Cc1ccccn1.Cc1ccnn1C.Cc1ccsc1C.Cc1cnc(C(C)C)s1.Cc1cnc(C)s1.Cc1cnc2ccccn12.Cc1cnccc1C(F)(F)F.Cc1csc(C(C)C)n1.Cc1nc(C)c(C)s1.Cc1nc2ccccc2s1. The number of alkyl halides is 3. The summed E-state index contributed by atoms with van der Waals surface area (Å²) in [7, 11) is 5.18. The summed E-state index contributed by atoms with van der Waals surface area (Å²) in [5.41, 5.74) is 15.4. The molecule has 2 aliphatic heterocycles. The average Bonchev–Trinajstić information content (AvgIpc) is 1.59. The molecule has 0 N–H and O–H groups in total. The number of benzene rings is 1. The van der Waals surface area contributed by atoms with Crippen LogP contribution < -0.4 is 0 Å². The van der Waals surface area contributed by atoms with Gasteiger partial charge in [-0.25, -0.2) is 44.7 Å². The molecule has 740 valence electrons. The van der Waals surface area contributed by atoms with Crippen LogP contribution in [-0.4, -0.2) is 129 Å². The number of piperidine rings is 1. The van der Waals surface area contributed by atoms with E-state index < -0.39 is 11.7 Å². The fraction of sp³-hybridized carbons (Fsp3) is 0.421. The number of methoxy groups -OCH3 is 1. The number of carbonyl (C=O) groups excluding carboxylic acids is 1. The van der Waals surface area contributed by atoms with Crippen LogP contribution in [0.15, 0.2) is 200 Å². The van der Waals surface area contributed by atoms with Crippen LogP contribution in [0.1, 0.15) is 209 Å². The minimum absolute atomic E-state index is 0.142. The number of amides is 1. The van der Waals surface area contributed by atoms with E-state index in [1.54, 1.807) is 94.6 Å². The maximum atomic E-state index is 12.0. The molecule has 2 unspecified atom stereocenters. The van der Waals surface area contributed by atoms with E-state index in [9.17, 15) is 18.0 Å². The van der Waals surface area contributed by atoms with Crippen LogP contribution in [0.5, 0.6) is 0 Å². The molecule has 1 amide bonds. The maximum Gasteiger partial charge on any atom is 0.416 e. The summed E-state index contributed by atoms with van der Waals surface area (Å²) in [5, 5.41) is 14.1. The Labute approximate surface area is 840 Å². The van der Waals surface area contributed by atoms with Crippen molar-refractivity contribution >= 4 is 113 Å². The summed E-state index contributed by atoms with van der Waals surface area (Å²) in [4.78, 5) is 63.0. The molecule has 1 saturated carbocycles. The quantitative estimate of drug-likeness (QED) is 0.158. The monoisotopic (exact) mass is 2000 g/mol. The standard InChI is InChI=1S/C11H19NO2.2C9H10N2.C8H8N2.C8H7NS.C7H6F3N.2C7H11NS.C6H9NS.C6H7N.2C6H8S.C5H8N2.C5H7NS.C5H10O.C2H6O/c1-7-8-5-12(6-9(7)8)10(13)14-11(2,3)4;1-7-3-4-9-10-5-8(2)11(9)6-7;1-7-4-3-5-9-10-6-8(2)11(7)9;1-7-6-9-8-4-2-3-5-10(7)8;1-6-9-7-4-2-3-5-8(7)10-6;1-5-4-11-3-2-6(5)7(8,9)10;1-5(2)7-8-6(3)4-9-7;1-5(2)7-8-4-6(3)9-7;1-4-5(2)8-6(3)7-4;1-6-4-2-3-5-7-6;1-5-3-4-7-6(5)2;1-5-3-4-6(2)7-5;1-5-3-4-6-7(5)2;1-4-3-6-5(2)7-4;1-5-3-2-4-6-5;1-3-2/h7-9H,5-6H2,1-4H3;2*3-6H,1-2H3;2-6H,1H3;2-5H,1H3;2-4H,1H3;2*4-5H,1-3H3;1-3H3;2-5H,1H3;3*3-4H,1-2H3;3H,1-2H3;5H,2-4H2,1H3;1-2H3/t;;;;;;;;;;;;;;5-;/m..............0./s1. The largest absolute Gasteiger partial charge is 0.444 e. The summed E-state index contributed by atoms with van der Waals surface area (Å²) in [6.07, 6.45) is 18.2. The van der Waals surface area contributed by atoms with Gasteiger partial charge in [-0.3, -0.25) is 14.6 Å². The fourth-order valence-corrected chi connectivity index (χ4v) is 18.2. The first-order valence-corrected chi connectivity index (χ1v) is 51.5. The zero-order valence-corrected chi connectivity index (χ0v) is 92.0. The number of pyridine rings is 5. The van der Waals surface area contributed by atoms with E-state index >= 15 is 0 Å². The van der Waals surface area contributed by atoms with Crippen molar-refractivity contribution in [3.8, 4) is 0 Å². The molecular weight excluding hydrogens is 1850 g/mol. The molecule has 30 heteroatoms. The average molecular weight is 2000 g/mol. The van der Waals surface area contributed by atoms with E-state index in [2.05, 4.69) is 244 Å². The Balaban J connectivity index is 0.000000260. The number of thiazole rings is 5. The van der Waals surface area contributed by atoms with Gasteiger partial charge in [-0.1, -0.05) is 71.0 Å². The Hall–Kier alpha value is -10.4. The van der Waals surface area contributed by atoms with E-state index in [4.69, 9.17) is 9.47 Å². The summed E-state index contributed by atoms with van der Waals surface area (Å²) in [6, 6.07) is 39.6. The predicted octanol–water partition coefficient (Wildman–Crippen LogP) is 30.0. The highest BCUT2D eigenvalue weighted by molar-refractivity contribution is 7.18. The van der Waals surface area contributed by atoms with Gasteiger partial charge in [0.15, 0.2) is 0 Å². The number of halogens is 3. The van der Waals surface area contributed by atoms with E-state index in [1.807, 2.05) is 220 Å². The Kier molecular flexibility index (Phi) is 51.1. The number of rotatable bonds is 2. The molecule has 0 spiro atoms. The number of nitrogens with zero attached hydrogens (tertiary/aromatic N) is 16. The van der Waals surface area contributed by atoms with Crippen molar-refractivity contribution in [2.24, 2.45) is 24.8 Å². The molecule has 1 aromatic carbocycles. The molecule has 137 heavy (non-hydrogen) atoms. The molecule has 3 fully saturated rings. The summed E-state index contributed by atoms with van der Waals surface area (Å²) < 4.78 is 60.2. The second-order valence-electron chi connectivity index (χ2n) is 34.8. The second kappa shape index (κ2) is 59.8. The molecule has 20 nitrogen and oxygen atoms in total. The highest BCUT2D eigenvalue weighted by Gasteiger charge is 2.54. The van der Waals surface area contributed by atoms with Gasteiger partial charge in [-0.2, -0.15) is 18.3 Å². The first kappa shape index (κ1) is 117. The summed E-state index contributed by atoms with van der Waals surface area (Å²) >= 11 is 12.4. The van der Waals surface area contributed by atoms with Crippen LogP contribution >= 0.6 is 79.4 Å². The number of thiophene rings is 2. The Morgan fingerprint density at radius 3 is 1.48 bits per heavy atom. The predicted molar refractivity (Wildman–Crippen MR) is 573 cm³/mol. The normalized spacial score (nSPS) is 13.8. The van der Waals surface area contributed by atoms with Crippen molar-refractivity contribution in [2.45, 2.75) is 243 Å². The van der Waals surface area contributed by atoms with Crippen molar-refractivity contribution in [1.29, 1.82) is 0 Å². The smallest absolute Gasteiger partial charge is 0.416 e. The Morgan fingerprint density at radius 1 is 0.496 bits per heavy atom. The zero-order chi connectivity index (χ0) is 102. The third-order valence-corrected chi connectivity index (χ3v) is 27.6. The number of likely N-dealkylation sites (tertiary alicyclic amines) is 1. The molecular formula is C107H145F3N16O4S7. The Morgan fingerprint density at radius 2 is 1.09 bits per heavy atom. The van der Waals surface area contributed by atoms with E-state index in [0.717, 1.165) is 93.6 Å². The van der Waals surface area contributed by atoms with E-state index in [-0.39, 0.29) is 17.3 Å². The molecule has 0 radical (unpaired) electrons. The number of hydrogen-bond donors (Lipinski definition) is 0. The summed E-state index contributed by atoms with van der Waals surface area (Å²) in [6.45, 7) is 62.2. The number of fused-ring (bicyclic) bond motifs is 5. The van der Waals surface area contributed by atoms with Crippen molar-refractivity contribution in [2.75, 3.05) is 33.9 Å². The molecule has 16 aromatic heterocycles. The molecule has 2 saturated heterocycles. The molecule has 3 atom stereocenters. The third kappa shape index (κ3) is 44.1. The second-order valence-corrected chi connectivity index (χ2v) is 43.7. The number of para-hydroxylation sites is 1. The lowest BCUT2D eigenvalue weighted by Crippen LogP contribution is -2.36. The van der Waals surface area contributed by atoms with Crippen LogP contribution in [0.2, 0.25) is 0 Å². The van der Waals surface area contributed by atoms with Crippen molar-refractivity contribution < 1.29 is 32.2 Å². The lowest BCUT2D eigenvalue weighted by Gasteiger charge is -2.25. The molecule has 18 heterocycles. The first-order chi connectivity index (χ1) is 64.7. The first-order valence-electron chi connectivity index (χ1n) is 45.7. The lowest BCUT2D eigenvalue weighted by atomic mass is 10.1. The van der Waals surface area contributed by atoms with Gasteiger partial charge in [-0.05, 0) is 304 Å². The molecule has 20 rings (SSSR count). The van der Waals surface area contributed by atoms with Gasteiger partial charge in [0.2, 0.25) is 0 Å². The molecule has 17 aromatic rings. The highest BCUT2D eigenvalue weighted by atomic mass is 32.1. The maximum absolute atomic E-state index is 12.0.